The van der Waals surface area contributed by atoms with Crippen molar-refractivity contribution in [3.8, 4) is 11.5 Å². The lowest BCUT2D eigenvalue weighted by atomic mass is 9.93. The van der Waals surface area contributed by atoms with Gasteiger partial charge in [0.15, 0.2) is 16.6 Å². The first-order valence-electron chi connectivity index (χ1n) is 9.48. The Bertz CT molecular complexity index is 1220. The first-order valence-corrected chi connectivity index (χ1v) is 10.4. The number of hydrogen-bond acceptors (Lipinski definition) is 7. The SMILES string of the molecule is COc1cc(C2/C(=C(\O)c3cc(C)ccc3C)C(=O)C(=O)N2c2nccs2)ccc1O. The molecule has 1 amide bonds. The quantitative estimate of drug-likeness (QED) is 0.363. The number of aliphatic hydroxyl groups excluding tert-OH is 1. The van der Waals surface area contributed by atoms with Crippen LogP contribution in [0.5, 0.6) is 11.5 Å². The molecule has 158 valence electrons. The number of nitrogens with zero attached hydrogens (tertiary/aromatic N) is 2. The maximum atomic E-state index is 13.1. The molecule has 0 radical (unpaired) electrons. The van der Waals surface area contributed by atoms with Crippen LogP contribution in [0.25, 0.3) is 5.76 Å². The zero-order chi connectivity index (χ0) is 22.3. The summed E-state index contributed by atoms with van der Waals surface area (Å²) in [6.07, 6.45) is 1.54. The van der Waals surface area contributed by atoms with Crippen LogP contribution >= 0.6 is 11.3 Å². The van der Waals surface area contributed by atoms with E-state index in [0.29, 0.717) is 16.3 Å². The molecule has 0 bridgehead atoms. The summed E-state index contributed by atoms with van der Waals surface area (Å²) in [6, 6.07) is 9.15. The molecule has 2 aromatic carbocycles. The molecule has 31 heavy (non-hydrogen) atoms. The Morgan fingerprint density at radius 2 is 1.94 bits per heavy atom. The zero-order valence-electron chi connectivity index (χ0n) is 17.1. The normalized spacial score (nSPS) is 17.9. The van der Waals surface area contributed by atoms with Crippen LogP contribution < -0.4 is 9.64 Å². The van der Waals surface area contributed by atoms with Crippen LogP contribution in [0.3, 0.4) is 0 Å². The van der Waals surface area contributed by atoms with Crippen LogP contribution in [-0.4, -0.2) is 34.0 Å². The van der Waals surface area contributed by atoms with Crippen LogP contribution in [-0.2, 0) is 9.59 Å². The molecule has 4 rings (SSSR count). The minimum atomic E-state index is -0.930. The number of anilines is 1. The third-order valence-corrected chi connectivity index (χ3v) is 6.01. The number of hydrogen-bond donors (Lipinski definition) is 2. The summed E-state index contributed by atoms with van der Waals surface area (Å²) >= 11 is 1.21. The maximum absolute atomic E-state index is 13.1. The number of methoxy groups -OCH3 is 1. The number of aryl methyl sites for hydroxylation is 2. The highest BCUT2D eigenvalue weighted by Crippen LogP contribution is 2.44. The van der Waals surface area contributed by atoms with Gasteiger partial charge >= 0.3 is 5.91 Å². The van der Waals surface area contributed by atoms with E-state index in [9.17, 15) is 19.8 Å². The molecule has 2 heterocycles. The number of aromatic hydroxyl groups is 1. The summed E-state index contributed by atoms with van der Waals surface area (Å²) in [5, 5.41) is 23.3. The monoisotopic (exact) mass is 436 g/mol. The van der Waals surface area contributed by atoms with E-state index in [0.717, 1.165) is 11.1 Å². The minimum Gasteiger partial charge on any atom is -0.507 e. The highest BCUT2D eigenvalue weighted by Gasteiger charge is 2.48. The number of aliphatic hydroxyl groups is 1. The van der Waals surface area contributed by atoms with Crippen LogP contribution in [0.15, 0.2) is 53.5 Å². The van der Waals surface area contributed by atoms with Crippen molar-refractivity contribution in [2.45, 2.75) is 19.9 Å². The third-order valence-electron chi connectivity index (χ3n) is 5.24. The summed E-state index contributed by atoms with van der Waals surface area (Å²) in [5.41, 5.74) is 2.61. The fourth-order valence-corrected chi connectivity index (χ4v) is 4.35. The van der Waals surface area contributed by atoms with Crippen LogP contribution in [0, 0.1) is 13.8 Å². The van der Waals surface area contributed by atoms with Crippen molar-refractivity contribution in [2.24, 2.45) is 0 Å². The molecule has 1 aromatic heterocycles. The molecule has 0 aliphatic carbocycles. The molecule has 8 heteroatoms. The number of carbonyl (C=O) groups excluding carboxylic acids is 2. The van der Waals surface area contributed by atoms with Gasteiger partial charge in [-0.3, -0.25) is 14.5 Å². The number of ether oxygens (including phenoxy) is 1. The van der Waals surface area contributed by atoms with Crippen molar-refractivity contribution in [1.82, 2.24) is 4.98 Å². The number of phenolic OH excluding ortho intramolecular Hbond substituents is 1. The number of ketones is 1. The van der Waals surface area contributed by atoms with E-state index in [4.69, 9.17) is 4.74 Å². The second-order valence-electron chi connectivity index (χ2n) is 7.23. The smallest absolute Gasteiger partial charge is 0.301 e. The van der Waals surface area contributed by atoms with Gasteiger partial charge in [0.05, 0.1) is 18.7 Å². The predicted molar refractivity (Wildman–Crippen MR) is 117 cm³/mol. The van der Waals surface area contributed by atoms with Gasteiger partial charge in [-0.2, -0.15) is 0 Å². The zero-order valence-corrected chi connectivity index (χ0v) is 17.9. The number of carbonyl (C=O) groups is 2. The number of Topliss-reactive ketones (excluding diaryl/α,β-unsaturated/α-hetero) is 1. The molecular weight excluding hydrogens is 416 g/mol. The van der Waals surface area contributed by atoms with Gasteiger partial charge in [-0.05, 0) is 43.2 Å². The van der Waals surface area contributed by atoms with Crippen LogP contribution in [0.1, 0.15) is 28.3 Å². The largest absolute Gasteiger partial charge is 0.507 e. The Hall–Kier alpha value is -3.65. The minimum absolute atomic E-state index is 0.0401. The molecule has 3 aromatic rings. The number of amides is 1. The molecule has 0 spiro atoms. The highest BCUT2D eigenvalue weighted by atomic mass is 32.1. The predicted octanol–water partition coefficient (Wildman–Crippen LogP) is 4.10. The average molecular weight is 436 g/mol. The number of benzene rings is 2. The van der Waals surface area contributed by atoms with Gasteiger partial charge in [-0.1, -0.05) is 23.8 Å². The molecule has 1 atom stereocenters. The van der Waals surface area contributed by atoms with E-state index in [1.165, 1.54) is 29.4 Å². The van der Waals surface area contributed by atoms with Crippen molar-refractivity contribution >= 4 is 33.9 Å². The number of aromatic nitrogens is 1. The number of rotatable bonds is 4. The molecule has 1 unspecified atom stereocenters. The molecule has 0 saturated carbocycles. The van der Waals surface area contributed by atoms with E-state index in [1.807, 2.05) is 26.0 Å². The fraction of sp³-hybridized carbons (Fsp3) is 0.174. The van der Waals surface area contributed by atoms with E-state index in [2.05, 4.69) is 4.98 Å². The second kappa shape index (κ2) is 7.88. The Morgan fingerprint density at radius 3 is 2.61 bits per heavy atom. The fourth-order valence-electron chi connectivity index (χ4n) is 3.68. The van der Waals surface area contributed by atoms with Crippen molar-refractivity contribution in [3.05, 3.63) is 75.8 Å². The van der Waals surface area contributed by atoms with Gasteiger partial charge in [0, 0.05) is 17.1 Å². The van der Waals surface area contributed by atoms with Gasteiger partial charge in [0.2, 0.25) is 0 Å². The van der Waals surface area contributed by atoms with Crippen molar-refractivity contribution < 1.29 is 24.5 Å². The van der Waals surface area contributed by atoms with Crippen molar-refractivity contribution in [3.63, 3.8) is 0 Å². The van der Waals surface area contributed by atoms with Crippen LogP contribution in [0.2, 0.25) is 0 Å². The van der Waals surface area contributed by atoms with Crippen molar-refractivity contribution in [1.29, 1.82) is 0 Å². The Balaban J connectivity index is 1.99. The van der Waals surface area contributed by atoms with Gasteiger partial charge in [-0.25, -0.2) is 4.98 Å². The van der Waals surface area contributed by atoms with Gasteiger partial charge < -0.3 is 14.9 Å². The first-order chi connectivity index (χ1) is 14.8. The van der Waals surface area contributed by atoms with E-state index >= 15 is 0 Å². The van der Waals surface area contributed by atoms with Gasteiger partial charge in [0.25, 0.3) is 5.78 Å². The Labute approximate surface area is 182 Å². The maximum Gasteiger partial charge on any atom is 0.301 e. The average Bonchev–Trinajstić information content (AvgIpc) is 3.37. The highest BCUT2D eigenvalue weighted by molar-refractivity contribution is 7.14. The Kier molecular flexibility index (Phi) is 5.24. The van der Waals surface area contributed by atoms with Gasteiger partial charge in [-0.15, -0.1) is 11.3 Å². The van der Waals surface area contributed by atoms with E-state index in [1.54, 1.807) is 29.8 Å². The molecule has 1 aliphatic heterocycles. The molecule has 1 saturated heterocycles. The molecule has 1 aliphatic rings. The summed E-state index contributed by atoms with van der Waals surface area (Å²) in [4.78, 5) is 31.6. The first kappa shape index (κ1) is 20.6. The number of phenols is 1. The van der Waals surface area contributed by atoms with Gasteiger partial charge in [0.1, 0.15) is 5.76 Å². The van der Waals surface area contributed by atoms with E-state index < -0.39 is 17.7 Å². The summed E-state index contributed by atoms with van der Waals surface area (Å²) in [5.74, 6) is -1.72. The Morgan fingerprint density at radius 1 is 1.16 bits per heavy atom. The standard InChI is InChI=1S/C23H20N2O5S/c1-12-4-5-13(2)15(10-12)20(27)18-19(14-6-7-16(26)17(11-14)30-3)25(22(29)21(18)28)23-24-8-9-31-23/h4-11,19,26-27H,1-3H3/b20-18+. The van der Waals surface area contributed by atoms with E-state index in [-0.39, 0.29) is 22.8 Å². The van der Waals surface area contributed by atoms with Crippen LogP contribution in [0.4, 0.5) is 5.13 Å². The summed E-state index contributed by atoms with van der Waals surface area (Å²) < 4.78 is 5.21. The second-order valence-corrected chi connectivity index (χ2v) is 8.11. The molecular formula is C23H20N2O5S. The summed E-state index contributed by atoms with van der Waals surface area (Å²) in [6.45, 7) is 3.71. The lowest BCUT2D eigenvalue weighted by Gasteiger charge is -2.23. The molecule has 1 fully saturated rings. The summed E-state index contributed by atoms with van der Waals surface area (Å²) in [7, 11) is 1.41. The third kappa shape index (κ3) is 3.44. The molecule has 2 N–H and O–H groups in total. The lowest BCUT2D eigenvalue weighted by Crippen LogP contribution is -2.29. The van der Waals surface area contributed by atoms with Crippen molar-refractivity contribution in [2.75, 3.05) is 12.0 Å². The number of thiazole rings is 1. The topological polar surface area (TPSA) is 100.0 Å². The lowest BCUT2D eigenvalue weighted by molar-refractivity contribution is -0.132. The molecule has 7 nitrogen and oxygen atoms in total.